The fourth-order valence-corrected chi connectivity index (χ4v) is 3.41. The number of ether oxygens (including phenoxy) is 2. The van der Waals surface area contributed by atoms with Gasteiger partial charge in [0, 0.05) is 33.2 Å². The average molecular weight is 302 g/mol. The first-order chi connectivity index (χ1) is 10.2. The number of hydrogen-bond acceptors (Lipinski definition) is 3. The van der Waals surface area contributed by atoms with Gasteiger partial charge in [-0.25, -0.2) is 0 Å². The molecule has 1 unspecified atom stereocenters. The second-order valence-electron chi connectivity index (χ2n) is 5.87. The van der Waals surface area contributed by atoms with Gasteiger partial charge in [-0.15, -0.1) is 0 Å². The molecule has 0 saturated heterocycles. The molecule has 3 nitrogen and oxygen atoms in total. The van der Waals surface area contributed by atoms with E-state index in [2.05, 4.69) is 32.6 Å². The van der Waals surface area contributed by atoms with Crippen molar-refractivity contribution in [2.75, 3.05) is 27.3 Å². The van der Waals surface area contributed by atoms with Gasteiger partial charge in [-0.3, -0.25) is 4.90 Å². The largest absolute Gasteiger partial charge is 0.340 e. The van der Waals surface area contributed by atoms with E-state index in [1.807, 2.05) is 0 Å². The number of hydrogen-bond donors (Lipinski definition) is 0. The highest BCUT2D eigenvalue weighted by Gasteiger charge is 2.42. The first-order valence-corrected chi connectivity index (χ1v) is 9.01. The van der Waals surface area contributed by atoms with Crippen molar-refractivity contribution >= 4 is 0 Å². The molecule has 128 valence electrons. The molecule has 0 aromatic heterocycles. The van der Waals surface area contributed by atoms with Gasteiger partial charge in [0.25, 0.3) is 0 Å². The highest BCUT2D eigenvalue weighted by atomic mass is 16.7. The van der Waals surface area contributed by atoms with E-state index in [-0.39, 0.29) is 0 Å². The summed E-state index contributed by atoms with van der Waals surface area (Å²) in [5.74, 6) is -0.125. The Kier molecular flexibility index (Phi) is 12.4. The van der Waals surface area contributed by atoms with E-state index in [1.54, 1.807) is 14.2 Å². The summed E-state index contributed by atoms with van der Waals surface area (Å²) >= 11 is 0. The molecule has 0 rings (SSSR count). The van der Waals surface area contributed by atoms with E-state index in [0.29, 0.717) is 5.92 Å². The Hall–Kier alpha value is -0.120. The number of methoxy groups -OCH3 is 2. The smallest absolute Gasteiger partial charge is 0.232 e. The molecule has 0 radical (unpaired) electrons. The molecule has 0 spiro atoms. The van der Waals surface area contributed by atoms with Crippen LogP contribution < -0.4 is 0 Å². The molecule has 0 bridgehead atoms. The lowest BCUT2D eigenvalue weighted by Gasteiger charge is -2.45. The SMILES string of the molecule is CCCCCCCCC(CC)C(OC)(OC)N(CC)CC. The van der Waals surface area contributed by atoms with Crippen LogP contribution >= 0.6 is 0 Å². The third-order valence-corrected chi connectivity index (χ3v) is 4.70. The summed E-state index contributed by atoms with van der Waals surface area (Å²) in [6.45, 7) is 10.8. The van der Waals surface area contributed by atoms with Gasteiger partial charge in [0.2, 0.25) is 5.91 Å². The van der Waals surface area contributed by atoms with Crippen LogP contribution in [-0.2, 0) is 9.47 Å². The Balaban J connectivity index is 4.54. The summed E-state index contributed by atoms with van der Waals surface area (Å²) in [6, 6.07) is 0. The van der Waals surface area contributed by atoms with Crippen LogP contribution in [0.25, 0.3) is 0 Å². The Morgan fingerprint density at radius 2 is 1.33 bits per heavy atom. The average Bonchev–Trinajstić information content (AvgIpc) is 2.52. The van der Waals surface area contributed by atoms with E-state index < -0.39 is 5.91 Å². The van der Waals surface area contributed by atoms with Crippen LogP contribution in [-0.4, -0.2) is 38.1 Å². The van der Waals surface area contributed by atoms with Gasteiger partial charge in [0.05, 0.1) is 0 Å². The van der Waals surface area contributed by atoms with Crippen LogP contribution in [0, 0.1) is 5.92 Å². The van der Waals surface area contributed by atoms with Gasteiger partial charge < -0.3 is 9.47 Å². The zero-order chi connectivity index (χ0) is 16.1. The van der Waals surface area contributed by atoms with Gasteiger partial charge in [-0.1, -0.05) is 66.2 Å². The van der Waals surface area contributed by atoms with Crippen LogP contribution in [0.2, 0.25) is 0 Å². The van der Waals surface area contributed by atoms with Crippen LogP contribution in [0.4, 0.5) is 0 Å². The Morgan fingerprint density at radius 3 is 1.76 bits per heavy atom. The van der Waals surface area contributed by atoms with Crippen molar-refractivity contribution in [3.8, 4) is 0 Å². The molecular formula is C18H39NO2. The first-order valence-electron chi connectivity index (χ1n) is 9.01. The summed E-state index contributed by atoms with van der Waals surface area (Å²) in [6.07, 6.45) is 10.3. The molecule has 21 heavy (non-hydrogen) atoms. The molecule has 0 amide bonds. The summed E-state index contributed by atoms with van der Waals surface area (Å²) in [4.78, 5) is 2.30. The van der Waals surface area contributed by atoms with Crippen LogP contribution in [0.3, 0.4) is 0 Å². The van der Waals surface area contributed by atoms with Crippen LogP contribution in [0.1, 0.15) is 79.1 Å². The molecule has 0 fully saturated rings. The standard InChI is InChI=1S/C18H39NO2/c1-7-11-12-13-14-15-16-17(8-2)18(20-5,21-6)19(9-3)10-4/h17H,7-16H2,1-6H3. The van der Waals surface area contributed by atoms with E-state index in [4.69, 9.17) is 9.47 Å². The van der Waals surface area contributed by atoms with E-state index >= 15 is 0 Å². The van der Waals surface area contributed by atoms with Gasteiger partial charge in [-0.05, 0) is 12.8 Å². The summed E-state index contributed by atoms with van der Waals surface area (Å²) in [5, 5.41) is 0. The van der Waals surface area contributed by atoms with Crippen molar-refractivity contribution < 1.29 is 9.47 Å². The topological polar surface area (TPSA) is 21.7 Å². The van der Waals surface area contributed by atoms with Crippen molar-refractivity contribution in [2.45, 2.75) is 85.0 Å². The van der Waals surface area contributed by atoms with Crippen molar-refractivity contribution in [2.24, 2.45) is 5.92 Å². The highest BCUT2D eigenvalue weighted by Crippen LogP contribution is 2.33. The number of unbranched alkanes of at least 4 members (excludes halogenated alkanes) is 5. The fraction of sp³-hybridized carbons (Fsp3) is 1.00. The molecule has 0 saturated carbocycles. The minimum atomic E-state index is -0.554. The van der Waals surface area contributed by atoms with E-state index in [9.17, 15) is 0 Å². The molecule has 0 aromatic carbocycles. The predicted octanol–water partition coefficient (Wildman–Crippen LogP) is 5.05. The maximum atomic E-state index is 5.88. The first kappa shape index (κ1) is 20.9. The number of nitrogens with zero attached hydrogens (tertiary/aromatic N) is 1. The normalized spacial score (nSPS) is 13.9. The van der Waals surface area contributed by atoms with Crippen molar-refractivity contribution in [1.82, 2.24) is 4.90 Å². The van der Waals surface area contributed by atoms with Crippen LogP contribution in [0.5, 0.6) is 0 Å². The molecule has 0 aliphatic rings. The molecule has 0 heterocycles. The minimum Gasteiger partial charge on any atom is -0.340 e. The predicted molar refractivity (Wildman–Crippen MR) is 91.4 cm³/mol. The lowest BCUT2D eigenvalue weighted by Crippen LogP contribution is -2.56. The Labute approximate surface area is 133 Å². The van der Waals surface area contributed by atoms with Crippen molar-refractivity contribution in [3.63, 3.8) is 0 Å². The zero-order valence-electron chi connectivity index (χ0n) is 15.4. The van der Waals surface area contributed by atoms with E-state index in [1.165, 1.54) is 44.9 Å². The lowest BCUT2D eigenvalue weighted by atomic mass is 9.92. The Bertz CT molecular complexity index is 225. The van der Waals surface area contributed by atoms with Gasteiger partial charge in [-0.2, -0.15) is 0 Å². The third kappa shape index (κ3) is 6.25. The van der Waals surface area contributed by atoms with Crippen molar-refractivity contribution in [1.29, 1.82) is 0 Å². The maximum absolute atomic E-state index is 5.88. The summed E-state index contributed by atoms with van der Waals surface area (Å²) < 4.78 is 11.8. The molecule has 0 N–H and O–H groups in total. The molecule has 0 aliphatic heterocycles. The monoisotopic (exact) mass is 301 g/mol. The van der Waals surface area contributed by atoms with Gasteiger partial charge in [0.1, 0.15) is 0 Å². The minimum absolute atomic E-state index is 0.429. The second-order valence-corrected chi connectivity index (χ2v) is 5.87. The lowest BCUT2D eigenvalue weighted by molar-refractivity contribution is -0.324. The van der Waals surface area contributed by atoms with E-state index in [0.717, 1.165) is 19.5 Å². The Morgan fingerprint density at radius 1 is 0.810 bits per heavy atom. The summed E-state index contributed by atoms with van der Waals surface area (Å²) in [5.41, 5.74) is 0. The van der Waals surface area contributed by atoms with Crippen molar-refractivity contribution in [3.05, 3.63) is 0 Å². The molecule has 0 aromatic rings. The second kappa shape index (κ2) is 12.4. The molecule has 3 heteroatoms. The third-order valence-electron chi connectivity index (χ3n) is 4.70. The fourth-order valence-electron chi connectivity index (χ4n) is 3.41. The molecule has 1 atom stereocenters. The summed E-state index contributed by atoms with van der Waals surface area (Å²) in [7, 11) is 3.57. The highest BCUT2D eigenvalue weighted by molar-refractivity contribution is 4.79. The van der Waals surface area contributed by atoms with Gasteiger partial charge in [0.15, 0.2) is 0 Å². The van der Waals surface area contributed by atoms with Crippen LogP contribution in [0.15, 0.2) is 0 Å². The maximum Gasteiger partial charge on any atom is 0.232 e. The quantitative estimate of drug-likeness (QED) is 0.331. The molecule has 0 aliphatic carbocycles. The van der Waals surface area contributed by atoms with Gasteiger partial charge >= 0.3 is 0 Å². The zero-order valence-corrected chi connectivity index (χ0v) is 15.4. The number of rotatable bonds is 14. The molecular weight excluding hydrogens is 262 g/mol.